The van der Waals surface area contributed by atoms with Crippen LogP contribution >= 0.6 is 0 Å². The molecule has 0 saturated carbocycles. The lowest BCUT2D eigenvalue weighted by Gasteiger charge is -2.29. The van der Waals surface area contributed by atoms with Crippen molar-refractivity contribution in [3.8, 4) is 17.2 Å². The summed E-state index contributed by atoms with van der Waals surface area (Å²) in [6.07, 6.45) is 0. The minimum atomic E-state index is -0.669. The molecule has 8 nitrogen and oxygen atoms in total. The van der Waals surface area contributed by atoms with E-state index in [-0.39, 0.29) is 11.9 Å². The highest BCUT2D eigenvalue weighted by molar-refractivity contribution is 6.07. The molecule has 2 aromatic carbocycles. The van der Waals surface area contributed by atoms with Gasteiger partial charge in [0.25, 0.3) is 5.91 Å². The monoisotopic (exact) mass is 425 g/mol. The highest BCUT2D eigenvalue weighted by Gasteiger charge is 2.32. The molecule has 0 fully saturated rings. The smallest absolute Gasteiger partial charge is 0.319 e. The summed E-state index contributed by atoms with van der Waals surface area (Å²) in [4.78, 5) is 25.5. The standard InChI is InChI=1S/C23H27N3O5/c1-5-30-17-10-8-7-9-16(17)25-22(27)20-14(3)24-23(28)26-21(20)15-11-12-18(31-6-2)19(13-15)29-4/h7-13,21H,5-6H2,1-4H3,(H,25,27)(H2,24,26,28)/t21-/m1/s1. The maximum absolute atomic E-state index is 13.3. The van der Waals surface area contributed by atoms with Gasteiger partial charge in [0.2, 0.25) is 0 Å². The lowest BCUT2D eigenvalue weighted by atomic mass is 9.94. The van der Waals surface area contributed by atoms with Crippen molar-refractivity contribution in [2.75, 3.05) is 25.6 Å². The van der Waals surface area contributed by atoms with E-state index < -0.39 is 6.04 Å². The second-order valence-electron chi connectivity index (χ2n) is 6.80. The van der Waals surface area contributed by atoms with E-state index in [2.05, 4.69) is 16.0 Å². The molecule has 3 amide bonds. The molecule has 2 aromatic rings. The Hall–Kier alpha value is -3.68. The van der Waals surface area contributed by atoms with E-state index in [1.165, 1.54) is 0 Å². The molecular formula is C23H27N3O5. The van der Waals surface area contributed by atoms with Crippen LogP contribution in [0.1, 0.15) is 32.4 Å². The number of carbonyl (C=O) groups excluding carboxylic acids is 2. The second kappa shape index (κ2) is 9.88. The molecule has 0 unspecified atom stereocenters. The average Bonchev–Trinajstić information content (AvgIpc) is 2.75. The van der Waals surface area contributed by atoms with Crippen LogP contribution in [0.15, 0.2) is 53.7 Å². The number of ether oxygens (including phenoxy) is 3. The van der Waals surface area contributed by atoms with Gasteiger partial charge in [0, 0.05) is 5.70 Å². The Labute approximate surface area is 181 Å². The zero-order valence-corrected chi connectivity index (χ0v) is 18.1. The van der Waals surface area contributed by atoms with Crippen molar-refractivity contribution in [3.63, 3.8) is 0 Å². The Balaban J connectivity index is 1.96. The molecule has 164 valence electrons. The number of benzene rings is 2. The van der Waals surface area contributed by atoms with E-state index >= 15 is 0 Å². The molecule has 3 N–H and O–H groups in total. The van der Waals surface area contributed by atoms with Crippen molar-refractivity contribution >= 4 is 17.6 Å². The van der Waals surface area contributed by atoms with Gasteiger partial charge in [0.15, 0.2) is 11.5 Å². The van der Waals surface area contributed by atoms with Crippen molar-refractivity contribution in [3.05, 3.63) is 59.3 Å². The maximum Gasteiger partial charge on any atom is 0.319 e. The third kappa shape index (κ3) is 4.91. The van der Waals surface area contributed by atoms with Gasteiger partial charge in [-0.15, -0.1) is 0 Å². The van der Waals surface area contributed by atoms with Gasteiger partial charge in [-0.2, -0.15) is 0 Å². The number of carbonyl (C=O) groups is 2. The number of urea groups is 1. The van der Waals surface area contributed by atoms with Crippen LogP contribution in [-0.4, -0.2) is 32.3 Å². The first kappa shape index (κ1) is 22.0. The first-order valence-electron chi connectivity index (χ1n) is 10.1. The number of para-hydroxylation sites is 2. The van der Waals surface area contributed by atoms with E-state index in [0.717, 1.165) is 0 Å². The Morgan fingerprint density at radius 2 is 1.74 bits per heavy atom. The summed E-state index contributed by atoms with van der Waals surface area (Å²) in [6.45, 7) is 6.42. The molecule has 0 bridgehead atoms. The van der Waals surface area contributed by atoms with Gasteiger partial charge in [-0.05, 0) is 50.6 Å². The number of hydrogen-bond donors (Lipinski definition) is 3. The molecule has 31 heavy (non-hydrogen) atoms. The Morgan fingerprint density at radius 3 is 2.45 bits per heavy atom. The summed E-state index contributed by atoms with van der Waals surface area (Å²) in [7, 11) is 1.54. The molecule has 0 aliphatic carbocycles. The van der Waals surface area contributed by atoms with Crippen molar-refractivity contribution < 1.29 is 23.8 Å². The van der Waals surface area contributed by atoms with E-state index in [4.69, 9.17) is 14.2 Å². The highest BCUT2D eigenvalue weighted by Crippen LogP contribution is 2.35. The van der Waals surface area contributed by atoms with Crippen molar-refractivity contribution in [1.29, 1.82) is 0 Å². The molecule has 1 aliphatic heterocycles. The van der Waals surface area contributed by atoms with Crippen molar-refractivity contribution in [1.82, 2.24) is 10.6 Å². The molecule has 0 saturated heterocycles. The Morgan fingerprint density at radius 1 is 1.03 bits per heavy atom. The highest BCUT2D eigenvalue weighted by atomic mass is 16.5. The van der Waals surface area contributed by atoms with Crippen LogP contribution < -0.4 is 30.2 Å². The van der Waals surface area contributed by atoms with E-state index in [1.807, 2.05) is 26.0 Å². The molecule has 1 heterocycles. The lowest BCUT2D eigenvalue weighted by Crippen LogP contribution is -2.46. The van der Waals surface area contributed by atoms with Crippen LogP contribution in [0.5, 0.6) is 17.2 Å². The van der Waals surface area contributed by atoms with Crippen LogP contribution in [-0.2, 0) is 4.79 Å². The summed E-state index contributed by atoms with van der Waals surface area (Å²) in [5.74, 6) is 1.33. The third-order valence-electron chi connectivity index (χ3n) is 4.77. The maximum atomic E-state index is 13.3. The minimum Gasteiger partial charge on any atom is -0.493 e. The SMILES string of the molecule is CCOc1ccccc1NC(=O)C1=C(C)NC(=O)N[C@@H]1c1ccc(OCC)c(OC)c1. The quantitative estimate of drug-likeness (QED) is 0.598. The molecule has 8 heteroatoms. The molecular weight excluding hydrogens is 398 g/mol. The molecule has 0 aromatic heterocycles. The van der Waals surface area contributed by atoms with Crippen LogP contribution in [0.25, 0.3) is 0 Å². The average molecular weight is 425 g/mol. The van der Waals surface area contributed by atoms with E-state index in [0.29, 0.717) is 53.0 Å². The molecule has 0 spiro atoms. The van der Waals surface area contributed by atoms with Gasteiger partial charge in [-0.3, -0.25) is 4.79 Å². The predicted octanol–water partition coefficient (Wildman–Crippen LogP) is 3.76. The normalized spacial score (nSPS) is 15.6. The lowest BCUT2D eigenvalue weighted by molar-refractivity contribution is -0.113. The summed E-state index contributed by atoms with van der Waals surface area (Å²) in [6, 6.07) is 11.5. The number of methoxy groups -OCH3 is 1. The summed E-state index contributed by atoms with van der Waals surface area (Å²) in [5, 5.41) is 8.40. The number of anilines is 1. The first-order chi connectivity index (χ1) is 15.0. The van der Waals surface area contributed by atoms with Crippen LogP contribution in [0, 0.1) is 0 Å². The fraction of sp³-hybridized carbons (Fsp3) is 0.304. The molecule has 1 aliphatic rings. The number of nitrogens with one attached hydrogen (secondary N) is 3. The number of rotatable bonds is 8. The number of allylic oxidation sites excluding steroid dienone is 1. The van der Waals surface area contributed by atoms with Crippen molar-refractivity contribution in [2.24, 2.45) is 0 Å². The van der Waals surface area contributed by atoms with Gasteiger partial charge in [0.1, 0.15) is 5.75 Å². The van der Waals surface area contributed by atoms with Crippen LogP contribution in [0.3, 0.4) is 0 Å². The molecule has 0 radical (unpaired) electrons. The topological polar surface area (TPSA) is 97.9 Å². The summed E-state index contributed by atoms with van der Waals surface area (Å²) in [5.41, 5.74) is 2.09. The second-order valence-corrected chi connectivity index (χ2v) is 6.80. The Bertz CT molecular complexity index is 1000. The summed E-state index contributed by atoms with van der Waals surface area (Å²) < 4.78 is 16.6. The fourth-order valence-corrected chi connectivity index (χ4v) is 3.42. The zero-order valence-electron chi connectivity index (χ0n) is 18.1. The van der Waals surface area contributed by atoms with Crippen LogP contribution in [0.2, 0.25) is 0 Å². The zero-order chi connectivity index (χ0) is 22.4. The summed E-state index contributed by atoms with van der Waals surface area (Å²) >= 11 is 0. The first-order valence-corrected chi connectivity index (χ1v) is 10.1. The Kier molecular flexibility index (Phi) is 7.02. The third-order valence-corrected chi connectivity index (χ3v) is 4.77. The molecule has 1 atom stereocenters. The predicted molar refractivity (Wildman–Crippen MR) is 118 cm³/mol. The number of amides is 3. The number of hydrogen-bond acceptors (Lipinski definition) is 5. The van der Waals surface area contributed by atoms with Crippen LogP contribution in [0.4, 0.5) is 10.5 Å². The van der Waals surface area contributed by atoms with Gasteiger partial charge in [0.05, 0.1) is 37.6 Å². The largest absolute Gasteiger partial charge is 0.493 e. The molecule has 3 rings (SSSR count). The minimum absolute atomic E-state index is 0.352. The van der Waals surface area contributed by atoms with E-state index in [9.17, 15) is 9.59 Å². The van der Waals surface area contributed by atoms with Crippen molar-refractivity contribution in [2.45, 2.75) is 26.8 Å². The van der Waals surface area contributed by atoms with Gasteiger partial charge in [-0.1, -0.05) is 18.2 Å². The fourth-order valence-electron chi connectivity index (χ4n) is 3.42. The van der Waals surface area contributed by atoms with Gasteiger partial charge >= 0.3 is 6.03 Å². The van der Waals surface area contributed by atoms with Gasteiger partial charge < -0.3 is 30.2 Å². The van der Waals surface area contributed by atoms with E-state index in [1.54, 1.807) is 44.4 Å². The van der Waals surface area contributed by atoms with Gasteiger partial charge in [-0.25, -0.2) is 4.79 Å².